The number of thiocarbonyl (C=S) groups is 1. The summed E-state index contributed by atoms with van der Waals surface area (Å²) in [6.45, 7) is 3.93. The lowest BCUT2D eigenvalue weighted by molar-refractivity contribution is -0.150. The first kappa shape index (κ1) is 20.0. The number of nitrogens with one attached hydrogen (secondary N) is 2. The van der Waals surface area contributed by atoms with E-state index < -0.39 is 17.8 Å². The van der Waals surface area contributed by atoms with Gasteiger partial charge in [-0.25, -0.2) is 4.79 Å². The smallest absolute Gasteiger partial charge is 0.379 e. The Hall–Kier alpha value is -2.70. The molecule has 0 amide bonds. The minimum atomic E-state index is -0.937. The number of ether oxygens (including phenoxy) is 1. The van der Waals surface area contributed by atoms with Crippen LogP contribution in [0.1, 0.15) is 28.3 Å². The van der Waals surface area contributed by atoms with E-state index in [1.807, 2.05) is 32.0 Å². The Morgan fingerprint density at radius 1 is 1.11 bits per heavy atom. The van der Waals surface area contributed by atoms with Crippen LogP contribution in [0.4, 0.5) is 0 Å². The lowest BCUT2D eigenvalue weighted by Crippen LogP contribution is -2.46. The summed E-state index contributed by atoms with van der Waals surface area (Å²) in [7, 11) is 1.18. The summed E-state index contributed by atoms with van der Waals surface area (Å²) in [6.07, 6.45) is 0. The summed E-state index contributed by atoms with van der Waals surface area (Å²) < 4.78 is 4.70. The number of hydrogen-bond acceptors (Lipinski definition) is 4. The zero-order chi connectivity index (χ0) is 20.4. The topological polar surface area (TPSA) is 67.4 Å². The second-order valence-electron chi connectivity index (χ2n) is 6.51. The first-order valence-corrected chi connectivity index (χ1v) is 9.38. The van der Waals surface area contributed by atoms with Crippen molar-refractivity contribution < 1.29 is 14.3 Å². The van der Waals surface area contributed by atoms with Crippen LogP contribution in [0.15, 0.2) is 48.0 Å². The van der Waals surface area contributed by atoms with Gasteiger partial charge in [0.25, 0.3) is 5.78 Å². The highest BCUT2D eigenvalue weighted by Gasteiger charge is 2.35. The van der Waals surface area contributed by atoms with Gasteiger partial charge in [-0.2, -0.15) is 0 Å². The molecule has 7 heteroatoms. The van der Waals surface area contributed by atoms with Crippen molar-refractivity contribution in [3.63, 3.8) is 0 Å². The van der Waals surface area contributed by atoms with Crippen LogP contribution in [0.2, 0.25) is 5.02 Å². The van der Waals surface area contributed by atoms with Gasteiger partial charge < -0.3 is 15.4 Å². The number of hydrogen-bond donors (Lipinski definition) is 2. The molecule has 144 valence electrons. The average Bonchev–Trinajstić information content (AvgIpc) is 2.66. The van der Waals surface area contributed by atoms with E-state index in [1.54, 1.807) is 24.3 Å². The van der Waals surface area contributed by atoms with Crippen LogP contribution in [-0.2, 0) is 14.3 Å². The van der Waals surface area contributed by atoms with Crippen LogP contribution in [-0.4, -0.2) is 24.0 Å². The number of carbonyl (C=O) groups is 2. The third-order valence-electron chi connectivity index (χ3n) is 4.54. The Balaban J connectivity index is 2.26. The molecule has 0 unspecified atom stereocenters. The van der Waals surface area contributed by atoms with E-state index >= 15 is 0 Å². The van der Waals surface area contributed by atoms with Gasteiger partial charge in [0.2, 0.25) is 0 Å². The van der Waals surface area contributed by atoms with Gasteiger partial charge in [-0.05, 0) is 49.3 Å². The molecule has 2 N–H and O–H groups in total. The van der Waals surface area contributed by atoms with Gasteiger partial charge in [-0.15, -0.1) is 0 Å². The molecule has 0 saturated heterocycles. The monoisotopic (exact) mass is 414 g/mol. The molecule has 1 aliphatic rings. The molecule has 0 saturated carbocycles. The second-order valence-corrected chi connectivity index (χ2v) is 7.36. The van der Waals surface area contributed by atoms with Crippen molar-refractivity contribution >= 4 is 46.4 Å². The number of halogens is 1. The fourth-order valence-corrected chi connectivity index (χ4v) is 3.57. The highest BCUT2D eigenvalue weighted by Crippen LogP contribution is 2.33. The van der Waals surface area contributed by atoms with Crippen molar-refractivity contribution in [3.8, 4) is 0 Å². The van der Waals surface area contributed by atoms with Gasteiger partial charge in [-0.3, -0.25) is 4.79 Å². The van der Waals surface area contributed by atoms with E-state index in [-0.39, 0.29) is 5.57 Å². The molecule has 2 aromatic rings. The van der Waals surface area contributed by atoms with Gasteiger partial charge in [-0.1, -0.05) is 47.5 Å². The molecule has 0 radical (unpaired) electrons. The molecule has 0 fully saturated rings. The number of carbonyl (C=O) groups excluding carboxylic acids is 2. The van der Waals surface area contributed by atoms with Crippen molar-refractivity contribution in [2.45, 2.75) is 19.9 Å². The zero-order valence-electron chi connectivity index (χ0n) is 15.6. The van der Waals surface area contributed by atoms with E-state index in [1.165, 1.54) is 7.11 Å². The van der Waals surface area contributed by atoms with Crippen LogP contribution < -0.4 is 10.6 Å². The lowest BCUT2D eigenvalue weighted by atomic mass is 9.88. The normalized spacial score (nSPS) is 16.3. The van der Waals surface area contributed by atoms with E-state index in [9.17, 15) is 9.59 Å². The Morgan fingerprint density at radius 2 is 1.79 bits per heavy atom. The molecular formula is C21H19ClN2O3S. The molecule has 1 aliphatic heterocycles. The molecule has 0 aliphatic carbocycles. The number of benzene rings is 2. The molecule has 0 aromatic heterocycles. The molecule has 1 atom stereocenters. The number of aryl methyl sites for hydroxylation is 2. The Kier molecular flexibility index (Phi) is 5.82. The van der Waals surface area contributed by atoms with E-state index in [4.69, 9.17) is 28.6 Å². The number of rotatable bonds is 4. The largest absolute Gasteiger partial charge is 0.463 e. The van der Waals surface area contributed by atoms with Crippen molar-refractivity contribution in [1.82, 2.24) is 10.6 Å². The maximum Gasteiger partial charge on any atom is 0.379 e. The number of methoxy groups -OCH3 is 1. The standard InChI is InChI=1S/C21H19ClN2O3S/c1-11-4-9-15(12(2)10-11)18-16(19(25)20(26)27-3)17(23-21(28)24-18)13-5-7-14(22)8-6-13/h4-10,17H,1-3H3,(H2,23,24,28)/t17-/m0/s1. The highest BCUT2D eigenvalue weighted by atomic mass is 35.5. The number of Topliss-reactive ketones (excluding diaryl/α,β-unsaturated/α-hetero) is 1. The molecule has 3 rings (SSSR count). The van der Waals surface area contributed by atoms with Crippen LogP contribution in [0.25, 0.3) is 5.70 Å². The first-order chi connectivity index (χ1) is 13.3. The predicted molar refractivity (Wildman–Crippen MR) is 113 cm³/mol. The molecule has 1 heterocycles. The van der Waals surface area contributed by atoms with Crippen molar-refractivity contribution in [2.75, 3.05) is 7.11 Å². The minimum absolute atomic E-state index is 0.245. The molecule has 5 nitrogen and oxygen atoms in total. The Morgan fingerprint density at radius 3 is 2.39 bits per heavy atom. The van der Waals surface area contributed by atoms with Gasteiger partial charge in [0.1, 0.15) is 0 Å². The van der Waals surface area contributed by atoms with Crippen molar-refractivity contribution in [3.05, 3.63) is 75.3 Å². The maximum atomic E-state index is 13.0. The lowest BCUT2D eigenvalue weighted by Gasteiger charge is -2.31. The van der Waals surface area contributed by atoms with Gasteiger partial charge in [0.05, 0.1) is 24.4 Å². The summed E-state index contributed by atoms with van der Waals surface area (Å²) in [6, 6.07) is 12.3. The van der Waals surface area contributed by atoms with Crippen molar-refractivity contribution in [1.29, 1.82) is 0 Å². The number of esters is 1. The Labute approximate surface area is 173 Å². The predicted octanol–water partition coefficient (Wildman–Crippen LogP) is 3.63. The minimum Gasteiger partial charge on any atom is -0.463 e. The molecule has 2 aromatic carbocycles. The molecule has 0 bridgehead atoms. The second kappa shape index (κ2) is 8.12. The Bertz CT molecular complexity index is 999. The zero-order valence-corrected chi connectivity index (χ0v) is 17.2. The molecular weight excluding hydrogens is 396 g/mol. The first-order valence-electron chi connectivity index (χ1n) is 8.59. The van der Waals surface area contributed by atoms with Crippen LogP contribution in [0.5, 0.6) is 0 Å². The van der Waals surface area contributed by atoms with Gasteiger partial charge in [0.15, 0.2) is 5.11 Å². The fraction of sp³-hybridized carbons (Fsp3) is 0.190. The summed E-state index contributed by atoms with van der Waals surface area (Å²) in [5.41, 5.74) is 4.33. The SMILES string of the molecule is COC(=O)C(=O)C1=C(c2ccc(C)cc2C)NC(=S)N[C@H]1c1ccc(Cl)cc1. The molecule has 28 heavy (non-hydrogen) atoms. The average molecular weight is 415 g/mol. The third kappa shape index (κ3) is 3.93. The summed E-state index contributed by atoms with van der Waals surface area (Å²) in [5, 5.41) is 7.07. The van der Waals surface area contributed by atoms with E-state index in [2.05, 4.69) is 10.6 Å². The third-order valence-corrected chi connectivity index (χ3v) is 5.01. The summed E-state index contributed by atoms with van der Waals surface area (Å²) >= 11 is 11.4. The van der Waals surface area contributed by atoms with E-state index in [0.29, 0.717) is 15.8 Å². The van der Waals surface area contributed by atoms with Crippen LogP contribution in [0.3, 0.4) is 0 Å². The summed E-state index contributed by atoms with van der Waals surface area (Å²) in [4.78, 5) is 25.1. The van der Waals surface area contributed by atoms with E-state index in [0.717, 1.165) is 22.3 Å². The highest BCUT2D eigenvalue weighted by molar-refractivity contribution is 7.80. The maximum absolute atomic E-state index is 13.0. The number of ketones is 1. The van der Waals surface area contributed by atoms with Gasteiger partial charge >= 0.3 is 5.97 Å². The van der Waals surface area contributed by atoms with Crippen LogP contribution >= 0.6 is 23.8 Å². The fourth-order valence-electron chi connectivity index (χ4n) is 3.22. The van der Waals surface area contributed by atoms with Crippen molar-refractivity contribution in [2.24, 2.45) is 0 Å². The quantitative estimate of drug-likeness (QED) is 0.452. The van der Waals surface area contributed by atoms with Crippen LogP contribution in [0, 0.1) is 13.8 Å². The van der Waals surface area contributed by atoms with Gasteiger partial charge in [0, 0.05) is 10.6 Å². The summed E-state index contributed by atoms with van der Waals surface area (Å²) in [5.74, 6) is -1.67. The molecule has 0 spiro atoms.